The zero-order valence-corrected chi connectivity index (χ0v) is 12.0. The summed E-state index contributed by atoms with van der Waals surface area (Å²) in [6, 6.07) is 2.02. The smallest absolute Gasteiger partial charge is 0.142 e. The number of nitrogens with one attached hydrogen (secondary N) is 1. The highest BCUT2D eigenvalue weighted by molar-refractivity contribution is 6.30. The number of hydrogen-bond acceptors (Lipinski definition) is 1. The summed E-state index contributed by atoms with van der Waals surface area (Å²) in [5, 5.41) is 2.85. The Morgan fingerprint density at radius 1 is 1.22 bits per heavy atom. The zero-order valence-electron chi connectivity index (χ0n) is 11.3. The Labute approximate surface area is 113 Å². The van der Waals surface area contributed by atoms with E-state index in [4.69, 9.17) is 11.6 Å². The van der Waals surface area contributed by atoms with Gasteiger partial charge < -0.3 is 5.32 Å². The molecule has 1 atom stereocenters. The molecular weight excluding hydrogens is 256 g/mol. The summed E-state index contributed by atoms with van der Waals surface area (Å²) >= 11 is 5.55. The minimum absolute atomic E-state index is 0.163. The lowest BCUT2D eigenvalue weighted by Gasteiger charge is -2.23. The Morgan fingerprint density at radius 2 is 1.83 bits per heavy atom. The van der Waals surface area contributed by atoms with E-state index in [2.05, 4.69) is 26.1 Å². The molecule has 0 bridgehead atoms. The molecule has 1 nitrogen and oxygen atoms in total. The van der Waals surface area contributed by atoms with E-state index in [1.807, 2.05) is 0 Å². The summed E-state index contributed by atoms with van der Waals surface area (Å²) < 4.78 is 27.2. The monoisotopic (exact) mass is 275 g/mol. The molecule has 1 N–H and O–H groups in total. The van der Waals surface area contributed by atoms with E-state index in [1.54, 1.807) is 7.05 Å². The molecule has 1 rings (SSSR count). The Bertz CT molecular complexity index is 413. The normalized spacial score (nSPS) is 13.7. The lowest BCUT2D eigenvalue weighted by atomic mass is 9.87. The molecule has 102 valence electrons. The van der Waals surface area contributed by atoms with Gasteiger partial charge in [0.15, 0.2) is 0 Å². The fourth-order valence-electron chi connectivity index (χ4n) is 1.84. The molecule has 1 aromatic rings. The van der Waals surface area contributed by atoms with Gasteiger partial charge in [-0.15, -0.1) is 0 Å². The fraction of sp³-hybridized carbons (Fsp3) is 0.571. The molecule has 0 amide bonds. The largest absolute Gasteiger partial charge is 0.313 e. The second kappa shape index (κ2) is 5.98. The van der Waals surface area contributed by atoms with Crippen molar-refractivity contribution >= 4 is 11.6 Å². The van der Waals surface area contributed by atoms with Crippen molar-refractivity contribution in [1.82, 2.24) is 5.32 Å². The number of halogens is 3. The van der Waals surface area contributed by atoms with Crippen LogP contribution in [0, 0.1) is 17.0 Å². The van der Waals surface area contributed by atoms with Crippen LogP contribution in [0.4, 0.5) is 8.78 Å². The van der Waals surface area contributed by atoms with Crippen LogP contribution in [0.5, 0.6) is 0 Å². The molecule has 0 aromatic heterocycles. The van der Waals surface area contributed by atoms with Gasteiger partial charge in [0.25, 0.3) is 0 Å². The SMILES string of the molecule is CNC(CCC(C)(C)C)c1cc(F)c(Cl)cc1F. The minimum atomic E-state index is -0.580. The van der Waals surface area contributed by atoms with E-state index in [1.165, 1.54) is 6.07 Å². The first-order valence-electron chi connectivity index (χ1n) is 6.06. The van der Waals surface area contributed by atoms with Gasteiger partial charge in [-0.25, -0.2) is 8.78 Å². The third-order valence-corrected chi connectivity index (χ3v) is 3.24. The molecule has 0 saturated carbocycles. The van der Waals surface area contributed by atoms with Gasteiger partial charge in [-0.1, -0.05) is 32.4 Å². The average molecular weight is 276 g/mol. The molecular formula is C14H20ClF2N. The van der Waals surface area contributed by atoms with Crippen molar-refractivity contribution in [3.05, 3.63) is 34.4 Å². The van der Waals surface area contributed by atoms with Crippen LogP contribution in [0.1, 0.15) is 45.2 Å². The van der Waals surface area contributed by atoms with Gasteiger partial charge in [-0.05, 0) is 37.4 Å². The van der Waals surface area contributed by atoms with E-state index in [0.717, 1.165) is 18.9 Å². The molecule has 0 aliphatic rings. The highest BCUT2D eigenvalue weighted by Gasteiger charge is 2.19. The quantitative estimate of drug-likeness (QED) is 0.785. The predicted octanol–water partition coefficient (Wildman–Crippen LogP) is 4.71. The molecule has 0 heterocycles. The van der Waals surface area contributed by atoms with Gasteiger partial charge in [0, 0.05) is 11.6 Å². The van der Waals surface area contributed by atoms with E-state index in [-0.39, 0.29) is 16.5 Å². The first-order valence-corrected chi connectivity index (χ1v) is 6.44. The average Bonchev–Trinajstić information content (AvgIpc) is 2.24. The van der Waals surface area contributed by atoms with Gasteiger partial charge in [-0.3, -0.25) is 0 Å². The van der Waals surface area contributed by atoms with Crippen molar-refractivity contribution in [3.8, 4) is 0 Å². The minimum Gasteiger partial charge on any atom is -0.313 e. The molecule has 1 unspecified atom stereocenters. The summed E-state index contributed by atoms with van der Waals surface area (Å²) in [6.45, 7) is 6.37. The van der Waals surface area contributed by atoms with Crippen molar-refractivity contribution in [2.45, 2.75) is 39.7 Å². The van der Waals surface area contributed by atoms with E-state index in [9.17, 15) is 8.78 Å². The molecule has 4 heteroatoms. The third kappa shape index (κ3) is 4.21. The topological polar surface area (TPSA) is 12.0 Å². The summed E-state index contributed by atoms with van der Waals surface area (Å²) in [5.74, 6) is -1.04. The van der Waals surface area contributed by atoms with Crippen molar-refractivity contribution in [2.24, 2.45) is 5.41 Å². The second-order valence-electron chi connectivity index (χ2n) is 5.73. The van der Waals surface area contributed by atoms with Crippen LogP contribution < -0.4 is 5.32 Å². The second-order valence-corrected chi connectivity index (χ2v) is 6.14. The zero-order chi connectivity index (χ0) is 13.9. The van der Waals surface area contributed by atoms with Crippen molar-refractivity contribution in [1.29, 1.82) is 0 Å². The summed E-state index contributed by atoms with van der Waals surface area (Å²) in [5.41, 5.74) is 0.500. The maximum Gasteiger partial charge on any atom is 0.142 e. The predicted molar refractivity (Wildman–Crippen MR) is 71.9 cm³/mol. The fourth-order valence-corrected chi connectivity index (χ4v) is 1.99. The molecule has 0 spiro atoms. The van der Waals surface area contributed by atoms with E-state index in [0.29, 0.717) is 5.56 Å². The first kappa shape index (κ1) is 15.4. The molecule has 0 aliphatic heterocycles. The van der Waals surface area contributed by atoms with Crippen molar-refractivity contribution in [2.75, 3.05) is 7.05 Å². The third-order valence-electron chi connectivity index (χ3n) is 2.95. The van der Waals surface area contributed by atoms with E-state index < -0.39 is 11.6 Å². The lowest BCUT2D eigenvalue weighted by molar-refractivity contribution is 0.334. The molecule has 0 saturated heterocycles. The Morgan fingerprint density at radius 3 is 2.33 bits per heavy atom. The van der Waals surface area contributed by atoms with Gasteiger partial charge in [0.2, 0.25) is 0 Å². The van der Waals surface area contributed by atoms with Crippen LogP contribution in [0.25, 0.3) is 0 Å². The molecule has 1 aromatic carbocycles. The Balaban J connectivity index is 2.92. The van der Waals surface area contributed by atoms with Crippen molar-refractivity contribution < 1.29 is 8.78 Å². The lowest BCUT2D eigenvalue weighted by Crippen LogP contribution is -2.20. The Hall–Kier alpha value is -0.670. The van der Waals surface area contributed by atoms with Crippen LogP contribution in [0.3, 0.4) is 0 Å². The summed E-state index contributed by atoms with van der Waals surface area (Å²) in [7, 11) is 1.75. The standard InChI is InChI=1S/C14H20ClF2N/c1-14(2,3)6-5-13(18-4)9-7-12(17)10(15)8-11(9)16/h7-8,13,18H,5-6H2,1-4H3. The van der Waals surface area contributed by atoms with Crippen LogP contribution in [-0.4, -0.2) is 7.05 Å². The number of benzene rings is 1. The molecule has 0 fully saturated rings. The highest BCUT2D eigenvalue weighted by atomic mass is 35.5. The number of hydrogen-bond donors (Lipinski definition) is 1. The van der Waals surface area contributed by atoms with Crippen LogP contribution >= 0.6 is 11.6 Å². The Kier molecular flexibility index (Phi) is 5.11. The van der Waals surface area contributed by atoms with Crippen LogP contribution in [0.15, 0.2) is 12.1 Å². The molecule has 0 aliphatic carbocycles. The first-order chi connectivity index (χ1) is 8.24. The van der Waals surface area contributed by atoms with E-state index >= 15 is 0 Å². The highest BCUT2D eigenvalue weighted by Crippen LogP contribution is 2.30. The summed E-state index contributed by atoms with van der Waals surface area (Å²) in [6.07, 6.45) is 1.67. The van der Waals surface area contributed by atoms with Gasteiger partial charge >= 0.3 is 0 Å². The maximum absolute atomic E-state index is 13.8. The van der Waals surface area contributed by atoms with Crippen LogP contribution in [0.2, 0.25) is 5.02 Å². The molecule has 18 heavy (non-hydrogen) atoms. The maximum atomic E-state index is 13.8. The molecule has 0 radical (unpaired) electrons. The van der Waals surface area contributed by atoms with Gasteiger partial charge in [0.1, 0.15) is 11.6 Å². The van der Waals surface area contributed by atoms with Crippen molar-refractivity contribution in [3.63, 3.8) is 0 Å². The van der Waals surface area contributed by atoms with Gasteiger partial charge in [-0.2, -0.15) is 0 Å². The number of rotatable bonds is 4. The summed E-state index contributed by atoms with van der Waals surface area (Å²) in [4.78, 5) is 0. The van der Waals surface area contributed by atoms with Gasteiger partial charge in [0.05, 0.1) is 5.02 Å². The van der Waals surface area contributed by atoms with Crippen LogP contribution in [-0.2, 0) is 0 Å².